The molecular formula is C9H12EuN2O4. The molecule has 0 aliphatic heterocycles. The monoisotopic (exact) mass is 365 g/mol. The quantitative estimate of drug-likeness (QED) is 0.699. The maximum absolute atomic E-state index is 10.3. The number of nitrogens with zero attached hydrogens (tertiary/aromatic N) is 1. The van der Waals surface area contributed by atoms with Gasteiger partial charge in [-0.3, -0.25) is 0 Å². The van der Waals surface area contributed by atoms with Gasteiger partial charge in [-0.1, -0.05) is 6.07 Å². The van der Waals surface area contributed by atoms with Gasteiger partial charge in [-0.15, -0.1) is 0 Å². The Morgan fingerprint density at radius 1 is 1.12 bits per heavy atom. The van der Waals surface area contributed by atoms with Crippen LogP contribution in [0.3, 0.4) is 0 Å². The molecule has 1 radical (unpaired) electrons. The molecule has 6 nitrogen and oxygen atoms in total. The van der Waals surface area contributed by atoms with Crippen LogP contribution in [0, 0.1) is 49.4 Å². The van der Waals surface area contributed by atoms with Gasteiger partial charge in [0, 0.05) is 49.4 Å². The average Bonchev–Trinajstić information content (AvgIpc) is 2.19. The third-order valence-corrected chi connectivity index (χ3v) is 1.19. The Kier molecular flexibility index (Phi) is 11.1. The summed E-state index contributed by atoms with van der Waals surface area (Å²) >= 11 is 0. The van der Waals surface area contributed by atoms with E-state index in [4.69, 9.17) is 10.2 Å². The van der Waals surface area contributed by atoms with Gasteiger partial charge in [-0.05, 0) is 26.2 Å². The number of carbonyl (C=O) groups is 2. The predicted molar refractivity (Wildman–Crippen MR) is 53.1 cm³/mol. The first-order valence-corrected chi connectivity index (χ1v) is 4.05. The van der Waals surface area contributed by atoms with Crippen LogP contribution < -0.4 is 5.32 Å². The van der Waals surface area contributed by atoms with E-state index < -0.39 is 11.9 Å². The SMILES string of the molecule is CNC.O=C(O)c1cccc(C(=O)O)n1.[Eu]. The van der Waals surface area contributed by atoms with E-state index >= 15 is 0 Å². The molecule has 0 aromatic carbocycles. The number of hydrogen-bond acceptors (Lipinski definition) is 4. The van der Waals surface area contributed by atoms with E-state index in [9.17, 15) is 9.59 Å². The van der Waals surface area contributed by atoms with Crippen LogP contribution in [0.4, 0.5) is 0 Å². The third-order valence-electron chi connectivity index (χ3n) is 1.19. The minimum absolute atomic E-state index is 0. The van der Waals surface area contributed by atoms with Gasteiger partial charge in [0.1, 0.15) is 11.4 Å². The van der Waals surface area contributed by atoms with Crippen LogP contribution in [0.5, 0.6) is 0 Å². The summed E-state index contributed by atoms with van der Waals surface area (Å²) in [6, 6.07) is 3.80. The number of hydrogen-bond donors (Lipinski definition) is 3. The van der Waals surface area contributed by atoms with Crippen molar-refractivity contribution in [3.63, 3.8) is 0 Å². The summed E-state index contributed by atoms with van der Waals surface area (Å²) in [4.78, 5) is 24.0. The van der Waals surface area contributed by atoms with E-state index in [1.54, 1.807) is 0 Å². The van der Waals surface area contributed by atoms with Crippen molar-refractivity contribution in [3.8, 4) is 0 Å². The van der Waals surface area contributed by atoms with Crippen molar-refractivity contribution in [1.82, 2.24) is 10.3 Å². The summed E-state index contributed by atoms with van der Waals surface area (Å²) in [5.41, 5.74) is -0.537. The Morgan fingerprint density at radius 3 is 1.69 bits per heavy atom. The van der Waals surface area contributed by atoms with Crippen LogP contribution in [0.25, 0.3) is 0 Å². The van der Waals surface area contributed by atoms with E-state index in [1.165, 1.54) is 18.2 Å². The van der Waals surface area contributed by atoms with E-state index in [1.807, 2.05) is 14.1 Å². The van der Waals surface area contributed by atoms with Crippen LogP contribution >= 0.6 is 0 Å². The molecule has 16 heavy (non-hydrogen) atoms. The van der Waals surface area contributed by atoms with Crippen LogP contribution in [-0.2, 0) is 0 Å². The molecule has 0 unspecified atom stereocenters. The molecular weight excluding hydrogens is 352 g/mol. The number of carboxylic acids is 2. The molecule has 0 aliphatic rings. The number of pyridine rings is 1. The first-order valence-electron chi connectivity index (χ1n) is 4.05. The fraction of sp³-hybridized carbons (Fsp3) is 0.222. The minimum Gasteiger partial charge on any atom is -0.477 e. The zero-order chi connectivity index (χ0) is 11.8. The third kappa shape index (κ3) is 7.00. The minimum atomic E-state index is -1.24. The molecule has 7 heteroatoms. The molecule has 1 aromatic rings. The van der Waals surface area contributed by atoms with Gasteiger partial charge >= 0.3 is 11.9 Å². The van der Waals surface area contributed by atoms with Crippen LogP contribution in [0.1, 0.15) is 21.0 Å². The predicted octanol–water partition coefficient (Wildman–Crippen LogP) is 0.314. The molecule has 0 spiro atoms. The Morgan fingerprint density at radius 2 is 1.44 bits per heavy atom. The van der Waals surface area contributed by atoms with Crippen molar-refractivity contribution in [2.45, 2.75) is 0 Å². The molecule has 1 rings (SSSR count). The normalized spacial score (nSPS) is 8.12. The fourth-order valence-electron chi connectivity index (χ4n) is 0.673. The second-order valence-corrected chi connectivity index (χ2v) is 2.52. The van der Waals surface area contributed by atoms with Gasteiger partial charge < -0.3 is 15.5 Å². The van der Waals surface area contributed by atoms with Crippen molar-refractivity contribution in [1.29, 1.82) is 0 Å². The van der Waals surface area contributed by atoms with Gasteiger partial charge in [0.25, 0.3) is 0 Å². The molecule has 1 aromatic heterocycles. The Bertz CT molecular complexity index is 328. The van der Waals surface area contributed by atoms with Gasteiger partial charge in [0.05, 0.1) is 0 Å². The molecule has 0 saturated carbocycles. The number of aromatic carboxylic acids is 2. The molecule has 1 heterocycles. The molecule has 0 amide bonds. The topological polar surface area (TPSA) is 99.5 Å². The Balaban J connectivity index is 0. The first-order chi connectivity index (χ1) is 7.02. The second-order valence-electron chi connectivity index (χ2n) is 2.52. The van der Waals surface area contributed by atoms with E-state index in [-0.39, 0.29) is 60.8 Å². The molecule has 0 atom stereocenters. The maximum Gasteiger partial charge on any atom is 0.354 e. The van der Waals surface area contributed by atoms with Crippen molar-refractivity contribution in [3.05, 3.63) is 29.6 Å². The molecule has 0 aliphatic carbocycles. The van der Waals surface area contributed by atoms with Crippen molar-refractivity contribution >= 4 is 11.9 Å². The van der Waals surface area contributed by atoms with E-state index in [0.29, 0.717) is 0 Å². The zero-order valence-electron chi connectivity index (χ0n) is 8.77. The summed E-state index contributed by atoms with van der Waals surface area (Å²) in [6.07, 6.45) is 0. The molecule has 89 valence electrons. The van der Waals surface area contributed by atoms with Crippen LogP contribution in [-0.4, -0.2) is 41.2 Å². The largest absolute Gasteiger partial charge is 0.477 e. The number of aromatic nitrogens is 1. The average molecular weight is 364 g/mol. The summed E-state index contributed by atoms with van der Waals surface area (Å²) in [7, 11) is 3.75. The van der Waals surface area contributed by atoms with E-state index in [2.05, 4.69) is 10.3 Å². The van der Waals surface area contributed by atoms with Crippen molar-refractivity contribution in [2.24, 2.45) is 0 Å². The van der Waals surface area contributed by atoms with Crippen molar-refractivity contribution < 1.29 is 69.2 Å². The number of nitrogens with one attached hydrogen (secondary N) is 1. The number of carboxylic acid groups (broad SMARTS) is 2. The molecule has 0 bridgehead atoms. The van der Waals surface area contributed by atoms with Gasteiger partial charge in [0.15, 0.2) is 0 Å². The molecule has 3 N–H and O–H groups in total. The first kappa shape index (κ1) is 18.0. The smallest absolute Gasteiger partial charge is 0.354 e. The summed E-state index contributed by atoms with van der Waals surface area (Å²) in [5, 5.41) is 19.6. The zero-order valence-corrected chi connectivity index (χ0v) is 11.2. The molecule has 0 fully saturated rings. The van der Waals surface area contributed by atoms with Gasteiger partial charge in [-0.25, -0.2) is 14.6 Å². The van der Waals surface area contributed by atoms with Crippen LogP contribution in [0.2, 0.25) is 0 Å². The summed E-state index contributed by atoms with van der Waals surface area (Å²) in [5.74, 6) is -2.48. The Labute approximate surface area is 134 Å². The maximum atomic E-state index is 10.3. The molecule has 0 saturated heterocycles. The van der Waals surface area contributed by atoms with E-state index in [0.717, 1.165) is 0 Å². The number of rotatable bonds is 2. The van der Waals surface area contributed by atoms with Crippen molar-refractivity contribution in [2.75, 3.05) is 14.1 Å². The standard InChI is InChI=1S/C7H5NO4.C2H7N.Eu/c9-6(10)4-2-1-3-5(8-4)7(11)12;1-3-2;/h1-3H,(H,9,10)(H,11,12);3H,1-2H3;. The Hall–Kier alpha value is -0.366. The van der Waals surface area contributed by atoms with Crippen LogP contribution in [0.15, 0.2) is 18.2 Å². The fourth-order valence-corrected chi connectivity index (χ4v) is 0.673. The summed E-state index contributed by atoms with van der Waals surface area (Å²) < 4.78 is 0. The van der Waals surface area contributed by atoms with Gasteiger partial charge in [0.2, 0.25) is 0 Å². The van der Waals surface area contributed by atoms with Gasteiger partial charge in [-0.2, -0.15) is 0 Å². The summed E-state index contributed by atoms with van der Waals surface area (Å²) in [6.45, 7) is 0. The second kappa shape index (κ2) is 9.83.